The predicted molar refractivity (Wildman–Crippen MR) is 112 cm³/mol. The van der Waals surface area contributed by atoms with Gasteiger partial charge in [-0.3, -0.25) is 9.48 Å². The maximum atomic E-state index is 12.6. The Bertz CT molecular complexity index is 1120. The number of amides is 1. The molecular formula is C22H20ClN5O. The molecule has 0 unspecified atom stereocenters. The van der Waals surface area contributed by atoms with Crippen LogP contribution in [0.1, 0.15) is 27.2 Å². The van der Waals surface area contributed by atoms with Gasteiger partial charge in [0.2, 0.25) is 0 Å². The smallest absolute Gasteiger partial charge is 0.255 e. The van der Waals surface area contributed by atoms with Crippen LogP contribution in [0.3, 0.4) is 0 Å². The van der Waals surface area contributed by atoms with Gasteiger partial charge in [-0.25, -0.2) is 4.68 Å². The predicted octanol–water partition coefficient (Wildman–Crippen LogP) is 4.01. The molecule has 0 fully saturated rings. The number of halogens is 1. The van der Waals surface area contributed by atoms with E-state index in [0.29, 0.717) is 23.7 Å². The van der Waals surface area contributed by atoms with E-state index in [2.05, 4.69) is 15.5 Å². The fourth-order valence-corrected chi connectivity index (χ4v) is 3.18. The number of hydrogen-bond donors (Lipinski definition) is 1. The number of carbonyl (C=O) groups excluding carboxylic acids is 1. The second kappa shape index (κ2) is 8.32. The molecule has 0 saturated heterocycles. The molecule has 146 valence electrons. The van der Waals surface area contributed by atoms with E-state index in [9.17, 15) is 4.79 Å². The zero-order chi connectivity index (χ0) is 20.2. The van der Waals surface area contributed by atoms with Gasteiger partial charge in [0, 0.05) is 29.0 Å². The van der Waals surface area contributed by atoms with Crippen LogP contribution in [0.2, 0.25) is 5.02 Å². The van der Waals surface area contributed by atoms with Gasteiger partial charge < -0.3 is 5.32 Å². The molecule has 1 N–H and O–H groups in total. The summed E-state index contributed by atoms with van der Waals surface area (Å²) in [6, 6.07) is 17.5. The Balaban J connectivity index is 1.40. The van der Waals surface area contributed by atoms with E-state index in [1.54, 1.807) is 17.1 Å². The quantitative estimate of drug-likeness (QED) is 0.527. The van der Waals surface area contributed by atoms with E-state index >= 15 is 0 Å². The van der Waals surface area contributed by atoms with Crippen LogP contribution in [0.15, 0.2) is 73.2 Å². The topological polar surface area (TPSA) is 64.7 Å². The molecule has 0 aliphatic carbocycles. The number of hydrogen-bond acceptors (Lipinski definition) is 3. The molecule has 0 aliphatic heterocycles. The summed E-state index contributed by atoms with van der Waals surface area (Å²) in [7, 11) is 0. The monoisotopic (exact) mass is 405 g/mol. The molecule has 0 spiro atoms. The van der Waals surface area contributed by atoms with Crippen LogP contribution in [0, 0.1) is 6.92 Å². The Hall–Kier alpha value is -3.38. The average molecular weight is 406 g/mol. The van der Waals surface area contributed by atoms with Crippen LogP contribution in [0.4, 0.5) is 0 Å². The molecule has 6 nitrogen and oxygen atoms in total. The Morgan fingerprint density at radius 3 is 2.52 bits per heavy atom. The van der Waals surface area contributed by atoms with Crippen molar-refractivity contribution in [3.05, 3.63) is 101 Å². The van der Waals surface area contributed by atoms with Crippen molar-refractivity contribution < 1.29 is 4.79 Å². The van der Waals surface area contributed by atoms with Gasteiger partial charge in [0.1, 0.15) is 0 Å². The Labute approximate surface area is 173 Å². The second-order valence-corrected chi connectivity index (χ2v) is 7.18. The summed E-state index contributed by atoms with van der Waals surface area (Å²) in [6.45, 7) is 2.92. The molecule has 0 bridgehead atoms. The first kappa shape index (κ1) is 19.0. The van der Waals surface area contributed by atoms with Crippen molar-refractivity contribution in [2.45, 2.75) is 20.0 Å². The summed E-state index contributed by atoms with van der Waals surface area (Å²) < 4.78 is 3.59. The van der Waals surface area contributed by atoms with Crippen LogP contribution >= 0.6 is 11.6 Å². The van der Waals surface area contributed by atoms with Crippen molar-refractivity contribution in [3.63, 3.8) is 0 Å². The number of nitrogens with zero attached hydrogens (tertiary/aromatic N) is 4. The Morgan fingerprint density at radius 2 is 1.76 bits per heavy atom. The number of benzene rings is 2. The van der Waals surface area contributed by atoms with E-state index in [4.69, 9.17) is 11.6 Å². The summed E-state index contributed by atoms with van der Waals surface area (Å²) in [5, 5.41) is 12.3. The molecule has 0 aliphatic rings. The Morgan fingerprint density at radius 1 is 1.00 bits per heavy atom. The fourth-order valence-electron chi connectivity index (χ4n) is 3.05. The molecular weight excluding hydrogens is 386 g/mol. The van der Waals surface area contributed by atoms with Crippen LogP contribution in [0.5, 0.6) is 0 Å². The third-order valence-corrected chi connectivity index (χ3v) is 4.96. The highest BCUT2D eigenvalue weighted by Crippen LogP contribution is 2.14. The zero-order valence-electron chi connectivity index (χ0n) is 15.9. The van der Waals surface area contributed by atoms with Crippen molar-refractivity contribution >= 4 is 17.5 Å². The molecule has 0 atom stereocenters. The number of aromatic nitrogens is 4. The van der Waals surface area contributed by atoms with Crippen LogP contribution in [0.25, 0.3) is 5.69 Å². The number of carbonyl (C=O) groups is 1. The molecule has 0 saturated carbocycles. The number of rotatable bonds is 6. The molecule has 7 heteroatoms. The first-order valence-electron chi connectivity index (χ1n) is 9.24. The van der Waals surface area contributed by atoms with Gasteiger partial charge in [-0.05, 0) is 36.8 Å². The second-order valence-electron chi connectivity index (χ2n) is 6.74. The van der Waals surface area contributed by atoms with E-state index in [-0.39, 0.29) is 5.91 Å². The lowest BCUT2D eigenvalue weighted by molar-refractivity contribution is 0.0950. The van der Waals surface area contributed by atoms with Gasteiger partial charge in [0.25, 0.3) is 5.91 Å². The third kappa shape index (κ3) is 4.38. The fraction of sp³-hybridized carbons (Fsp3) is 0.136. The molecule has 1 amide bonds. The van der Waals surface area contributed by atoms with Crippen molar-refractivity contribution in [2.75, 3.05) is 0 Å². The van der Waals surface area contributed by atoms with E-state index < -0.39 is 0 Å². The van der Waals surface area contributed by atoms with Crippen LogP contribution < -0.4 is 5.32 Å². The molecule has 2 aromatic heterocycles. The first-order chi connectivity index (χ1) is 14.1. The Kier molecular flexibility index (Phi) is 5.44. The van der Waals surface area contributed by atoms with Crippen molar-refractivity contribution in [1.82, 2.24) is 24.9 Å². The minimum Gasteiger partial charge on any atom is -0.348 e. The highest BCUT2D eigenvalue weighted by atomic mass is 35.5. The van der Waals surface area contributed by atoms with E-state index in [0.717, 1.165) is 22.5 Å². The maximum absolute atomic E-state index is 12.6. The molecule has 29 heavy (non-hydrogen) atoms. The lowest BCUT2D eigenvalue weighted by Crippen LogP contribution is -2.23. The first-order valence-corrected chi connectivity index (χ1v) is 9.62. The van der Waals surface area contributed by atoms with Crippen LogP contribution in [-0.2, 0) is 13.1 Å². The van der Waals surface area contributed by atoms with Gasteiger partial charge in [-0.1, -0.05) is 41.9 Å². The SMILES string of the molecule is Cc1c(C(=O)NCc2cnn(-c3ccc(Cl)cc3)c2)cnn1Cc1ccccc1. The summed E-state index contributed by atoms with van der Waals surface area (Å²) >= 11 is 5.92. The molecule has 4 aromatic rings. The summed E-state index contributed by atoms with van der Waals surface area (Å²) in [5.41, 5.74) is 4.36. The minimum absolute atomic E-state index is 0.152. The molecule has 4 rings (SSSR count). The van der Waals surface area contributed by atoms with Gasteiger partial charge in [0.15, 0.2) is 0 Å². The normalized spacial score (nSPS) is 10.8. The molecule has 2 heterocycles. The van der Waals surface area contributed by atoms with Gasteiger partial charge >= 0.3 is 0 Å². The summed E-state index contributed by atoms with van der Waals surface area (Å²) in [5.74, 6) is -0.152. The highest BCUT2D eigenvalue weighted by Gasteiger charge is 2.14. The largest absolute Gasteiger partial charge is 0.348 e. The summed E-state index contributed by atoms with van der Waals surface area (Å²) in [6.07, 6.45) is 5.24. The van der Waals surface area contributed by atoms with E-state index in [1.807, 2.05) is 72.4 Å². The lowest BCUT2D eigenvalue weighted by Gasteiger charge is -2.06. The van der Waals surface area contributed by atoms with Gasteiger partial charge in [-0.2, -0.15) is 10.2 Å². The average Bonchev–Trinajstić information content (AvgIpc) is 3.35. The van der Waals surface area contributed by atoms with Crippen molar-refractivity contribution in [1.29, 1.82) is 0 Å². The van der Waals surface area contributed by atoms with Gasteiger partial charge in [0.05, 0.1) is 30.2 Å². The highest BCUT2D eigenvalue weighted by molar-refractivity contribution is 6.30. The van der Waals surface area contributed by atoms with Crippen molar-refractivity contribution in [3.8, 4) is 5.69 Å². The number of nitrogens with one attached hydrogen (secondary N) is 1. The van der Waals surface area contributed by atoms with Gasteiger partial charge in [-0.15, -0.1) is 0 Å². The minimum atomic E-state index is -0.152. The third-order valence-electron chi connectivity index (χ3n) is 4.70. The zero-order valence-corrected chi connectivity index (χ0v) is 16.7. The standard InChI is InChI=1S/C22H20ClN5O/c1-16-21(13-26-27(16)14-17-5-3-2-4-6-17)22(29)24-11-18-12-25-28(15-18)20-9-7-19(23)8-10-20/h2-10,12-13,15H,11,14H2,1H3,(H,24,29). The van der Waals surface area contributed by atoms with Crippen LogP contribution in [-0.4, -0.2) is 25.5 Å². The maximum Gasteiger partial charge on any atom is 0.255 e. The molecule has 0 radical (unpaired) electrons. The lowest BCUT2D eigenvalue weighted by atomic mass is 10.2. The molecule has 2 aromatic carbocycles. The summed E-state index contributed by atoms with van der Waals surface area (Å²) in [4.78, 5) is 12.6. The van der Waals surface area contributed by atoms with Crippen molar-refractivity contribution in [2.24, 2.45) is 0 Å². The van der Waals surface area contributed by atoms with E-state index in [1.165, 1.54) is 0 Å².